The molecule has 1 aromatic carbocycles. The van der Waals surface area contributed by atoms with Gasteiger partial charge in [0.1, 0.15) is 17.6 Å². The minimum Gasteiger partial charge on any atom is -0.500 e. The van der Waals surface area contributed by atoms with Crippen LogP contribution in [0.5, 0.6) is 0 Å². The Balaban J connectivity index is 1.28. The second kappa shape index (κ2) is 10.7. The highest BCUT2D eigenvalue weighted by atomic mass is 16.6. The highest BCUT2D eigenvalue weighted by Gasteiger charge is 2.24. The van der Waals surface area contributed by atoms with Crippen LogP contribution in [0.25, 0.3) is 0 Å². The lowest BCUT2D eigenvalue weighted by Crippen LogP contribution is -2.29. The van der Waals surface area contributed by atoms with E-state index < -0.39 is 12.1 Å². The fourth-order valence-corrected chi connectivity index (χ4v) is 3.64. The Kier molecular flexibility index (Phi) is 7.26. The van der Waals surface area contributed by atoms with Crippen LogP contribution in [-0.2, 0) is 20.8 Å². The van der Waals surface area contributed by atoms with E-state index in [0.717, 1.165) is 5.56 Å². The number of rotatable bonds is 7. The predicted molar refractivity (Wildman–Crippen MR) is 118 cm³/mol. The van der Waals surface area contributed by atoms with Gasteiger partial charge in [-0.15, -0.1) is 0 Å². The molecule has 1 aromatic heterocycles. The molecule has 10 nitrogen and oxygen atoms in total. The molecule has 1 unspecified atom stereocenters. The first kappa shape index (κ1) is 22.4. The highest BCUT2D eigenvalue weighted by Crippen LogP contribution is 2.32. The number of allylic oxidation sites excluding steroid dienone is 3. The lowest BCUT2D eigenvalue weighted by molar-refractivity contribution is 0.0828. The zero-order chi connectivity index (χ0) is 23.0. The number of methoxy groups -OCH3 is 1. The standard InChI is InChI=1S/C23H26N4O6/c1-30-20-10-17(5-6-19(20)21-12-24-14-32-21)27-22(28)26-16-4-2-3-15(9-16)11-25-23(29)33-18-7-8-31-13-18/h2-5,9-10,12,14,18-19H,6-8,11,13H2,1H3,(H,25,29)(H2,26,27,28)/t18-,19?/m0/s1. The Morgan fingerprint density at radius 3 is 2.94 bits per heavy atom. The van der Waals surface area contributed by atoms with E-state index in [1.807, 2.05) is 12.1 Å². The fourth-order valence-electron chi connectivity index (χ4n) is 3.64. The summed E-state index contributed by atoms with van der Waals surface area (Å²) in [6, 6.07) is 6.81. The van der Waals surface area contributed by atoms with Crippen LogP contribution in [0.2, 0.25) is 0 Å². The molecule has 33 heavy (non-hydrogen) atoms. The number of aromatic nitrogens is 1. The number of carbonyl (C=O) groups excluding carboxylic acids is 2. The smallest absolute Gasteiger partial charge is 0.407 e. The fraction of sp³-hybridized carbons (Fsp3) is 0.348. The largest absolute Gasteiger partial charge is 0.500 e. The summed E-state index contributed by atoms with van der Waals surface area (Å²) in [5.74, 6) is 1.30. The third kappa shape index (κ3) is 6.13. The second-order valence-electron chi connectivity index (χ2n) is 7.63. The molecule has 1 fully saturated rings. The van der Waals surface area contributed by atoms with E-state index >= 15 is 0 Å². The van der Waals surface area contributed by atoms with Crippen LogP contribution in [0.4, 0.5) is 15.3 Å². The van der Waals surface area contributed by atoms with Crippen molar-refractivity contribution >= 4 is 17.8 Å². The van der Waals surface area contributed by atoms with Gasteiger partial charge in [0, 0.05) is 24.4 Å². The zero-order valence-corrected chi connectivity index (χ0v) is 18.2. The molecular weight excluding hydrogens is 428 g/mol. The van der Waals surface area contributed by atoms with E-state index in [2.05, 4.69) is 20.9 Å². The van der Waals surface area contributed by atoms with E-state index in [9.17, 15) is 9.59 Å². The Labute approximate surface area is 191 Å². The van der Waals surface area contributed by atoms with Crippen molar-refractivity contribution in [2.45, 2.75) is 31.4 Å². The number of nitrogens with one attached hydrogen (secondary N) is 3. The number of nitrogens with zero attached hydrogens (tertiary/aromatic N) is 1. The molecule has 1 aliphatic heterocycles. The maximum absolute atomic E-state index is 12.5. The van der Waals surface area contributed by atoms with Crippen molar-refractivity contribution < 1.29 is 28.2 Å². The molecule has 2 heterocycles. The van der Waals surface area contributed by atoms with Crippen LogP contribution < -0.4 is 16.0 Å². The van der Waals surface area contributed by atoms with Crippen LogP contribution in [0.1, 0.15) is 30.1 Å². The van der Waals surface area contributed by atoms with E-state index in [1.165, 1.54) is 6.39 Å². The second-order valence-corrected chi connectivity index (χ2v) is 7.63. The van der Waals surface area contributed by atoms with Gasteiger partial charge in [-0.2, -0.15) is 0 Å². The molecule has 2 aliphatic rings. The molecule has 2 aromatic rings. The Hall–Kier alpha value is -3.79. The summed E-state index contributed by atoms with van der Waals surface area (Å²) in [4.78, 5) is 28.3. The maximum atomic E-state index is 12.5. The van der Waals surface area contributed by atoms with Crippen molar-refractivity contribution in [2.24, 2.45) is 0 Å². The summed E-state index contributed by atoms with van der Waals surface area (Å²) in [5, 5.41) is 8.32. The average molecular weight is 454 g/mol. The number of anilines is 1. The van der Waals surface area contributed by atoms with Gasteiger partial charge in [-0.3, -0.25) is 0 Å². The van der Waals surface area contributed by atoms with Crippen molar-refractivity contribution in [2.75, 3.05) is 25.6 Å². The zero-order valence-electron chi connectivity index (χ0n) is 18.2. The third-order valence-corrected chi connectivity index (χ3v) is 5.29. The van der Waals surface area contributed by atoms with Crippen LogP contribution in [0, 0.1) is 0 Å². The van der Waals surface area contributed by atoms with Crippen molar-refractivity contribution in [1.29, 1.82) is 0 Å². The summed E-state index contributed by atoms with van der Waals surface area (Å²) in [5.41, 5.74) is 2.04. The minimum absolute atomic E-state index is 0.0804. The lowest BCUT2D eigenvalue weighted by atomic mass is 9.95. The lowest BCUT2D eigenvalue weighted by Gasteiger charge is -2.21. The number of hydrogen-bond acceptors (Lipinski definition) is 7. The van der Waals surface area contributed by atoms with Gasteiger partial charge < -0.3 is 34.6 Å². The van der Waals surface area contributed by atoms with E-state index in [4.69, 9.17) is 18.6 Å². The van der Waals surface area contributed by atoms with Gasteiger partial charge in [-0.25, -0.2) is 14.6 Å². The van der Waals surface area contributed by atoms with Crippen molar-refractivity contribution in [3.63, 3.8) is 0 Å². The average Bonchev–Trinajstić information content (AvgIpc) is 3.52. The van der Waals surface area contributed by atoms with Gasteiger partial charge in [0.2, 0.25) is 0 Å². The Bertz CT molecular complexity index is 1030. The molecule has 0 saturated carbocycles. The number of ether oxygens (including phenoxy) is 3. The molecule has 0 radical (unpaired) electrons. The number of hydrogen-bond donors (Lipinski definition) is 3. The van der Waals surface area contributed by atoms with E-state index in [-0.39, 0.29) is 18.6 Å². The van der Waals surface area contributed by atoms with Crippen LogP contribution in [-0.4, -0.2) is 43.5 Å². The molecule has 0 spiro atoms. The molecule has 4 rings (SSSR count). The van der Waals surface area contributed by atoms with E-state index in [1.54, 1.807) is 37.6 Å². The molecule has 2 atom stereocenters. The monoisotopic (exact) mass is 454 g/mol. The van der Waals surface area contributed by atoms with Crippen LogP contribution in [0.15, 0.2) is 64.9 Å². The number of alkyl carbamates (subject to hydrolysis) is 1. The predicted octanol–water partition coefficient (Wildman–Crippen LogP) is 3.41. The maximum Gasteiger partial charge on any atom is 0.407 e. The van der Waals surface area contributed by atoms with Gasteiger partial charge in [-0.05, 0) is 30.2 Å². The molecule has 10 heteroatoms. The Morgan fingerprint density at radius 2 is 2.18 bits per heavy atom. The SMILES string of the molecule is COC1=CC(NC(=O)Nc2cccc(CNC(=O)O[C@H]3CCOC3)c2)=CCC1c1cnco1. The molecule has 3 N–H and O–H groups in total. The number of oxazole rings is 1. The molecule has 1 saturated heterocycles. The van der Waals surface area contributed by atoms with Crippen LogP contribution >= 0.6 is 0 Å². The topological polar surface area (TPSA) is 124 Å². The first-order chi connectivity index (χ1) is 16.1. The number of carbonyl (C=O) groups is 2. The van der Waals surface area contributed by atoms with Crippen molar-refractivity contribution in [3.05, 3.63) is 71.8 Å². The van der Waals surface area contributed by atoms with Gasteiger partial charge in [-0.1, -0.05) is 18.2 Å². The highest BCUT2D eigenvalue weighted by molar-refractivity contribution is 5.90. The third-order valence-electron chi connectivity index (χ3n) is 5.29. The minimum atomic E-state index is -0.491. The van der Waals surface area contributed by atoms with Gasteiger partial charge in [0.05, 0.1) is 32.4 Å². The summed E-state index contributed by atoms with van der Waals surface area (Å²) < 4.78 is 21.3. The quantitative estimate of drug-likeness (QED) is 0.586. The van der Waals surface area contributed by atoms with Crippen molar-refractivity contribution in [3.8, 4) is 0 Å². The summed E-state index contributed by atoms with van der Waals surface area (Å²) >= 11 is 0. The number of benzene rings is 1. The van der Waals surface area contributed by atoms with Gasteiger partial charge in [0.15, 0.2) is 6.39 Å². The Morgan fingerprint density at radius 1 is 1.27 bits per heavy atom. The molecule has 0 bridgehead atoms. The van der Waals surface area contributed by atoms with E-state index in [0.29, 0.717) is 49.0 Å². The molecule has 174 valence electrons. The summed E-state index contributed by atoms with van der Waals surface area (Å²) in [6.07, 6.45) is 7.32. The normalized spacial score (nSPS) is 19.8. The van der Waals surface area contributed by atoms with Crippen LogP contribution in [0.3, 0.4) is 0 Å². The molecular formula is C23H26N4O6. The van der Waals surface area contributed by atoms with Gasteiger partial charge >= 0.3 is 12.1 Å². The van der Waals surface area contributed by atoms with Crippen molar-refractivity contribution in [1.82, 2.24) is 15.6 Å². The molecule has 3 amide bonds. The first-order valence-electron chi connectivity index (χ1n) is 10.6. The number of urea groups is 1. The van der Waals surface area contributed by atoms with Gasteiger partial charge in [0.25, 0.3) is 0 Å². The summed E-state index contributed by atoms with van der Waals surface area (Å²) in [7, 11) is 1.58. The summed E-state index contributed by atoms with van der Waals surface area (Å²) in [6.45, 7) is 1.31. The molecule has 1 aliphatic carbocycles. The number of amides is 3. The first-order valence-corrected chi connectivity index (χ1v) is 10.6.